The fraction of sp³-hybridized carbons (Fsp3) is 0.923. The fourth-order valence-electron chi connectivity index (χ4n) is 5.77. The molecule has 4 fully saturated rings. The van der Waals surface area contributed by atoms with Crippen LogP contribution in [0.3, 0.4) is 0 Å². The van der Waals surface area contributed by atoms with Gasteiger partial charge in [0.1, 0.15) is 0 Å². The van der Waals surface area contributed by atoms with E-state index in [-0.39, 0.29) is 15.2 Å². The number of carboxylic acid groups (broad SMARTS) is 1. The summed E-state index contributed by atoms with van der Waals surface area (Å²) in [6.45, 7) is 4.52. The standard InChI is InChI=1S/C13H19BrO2/c1-10-3-11(2)5-12(4-10,9(15)16)8-13(14,6-10)7-11/h3-8H2,1-2H3,(H,15,16)/p-1/t10-,11+,12?,13?. The number of aliphatic carboxylic acids is 1. The minimum absolute atomic E-state index is 0.0608. The van der Waals surface area contributed by atoms with Gasteiger partial charge in [-0.1, -0.05) is 29.8 Å². The van der Waals surface area contributed by atoms with Crippen molar-refractivity contribution in [2.75, 3.05) is 0 Å². The third kappa shape index (κ3) is 1.33. The van der Waals surface area contributed by atoms with Crippen molar-refractivity contribution < 1.29 is 9.90 Å². The predicted octanol–water partition coefficient (Wildman–Crippen LogP) is 2.25. The van der Waals surface area contributed by atoms with Crippen molar-refractivity contribution in [1.82, 2.24) is 0 Å². The molecule has 3 heteroatoms. The molecule has 0 aromatic rings. The number of carbonyl (C=O) groups is 1. The van der Waals surface area contributed by atoms with Gasteiger partial charge in [-0.25, -0.2) is 0 Å². The Bertz CT molecular complexity index is 323. The van der Waals surface area contributed by atoms with Gasteiger partial charge in [-0.15, -0.1) is 0 Å². The lowest BCUT2D eigenvalue weighted by Crippen LogP contribution is -2.64. The van der Waals surface area contributed by atoms with Crippen LogP contribution in [0.2, 0.25) is 0 Å². The predicted molar refractivity (Wildman–Crippen MR) is 63.0 cm³/mol. The summed E-state index contributed by atoms with van der Waals surface area (Å²) in [5, 5.41) is 11.5. The zero-order valence-electron chi connectivity index (χ0n) is 9.94. The maximum absolute atomic E-state index is 11.5. The van der Waals surface area contributed by atoms with Gasteiger partial charge < -0.3 is 9.90 Å². The van der Waals surface area contributed by atoms with Crippen molar-refractivity contribution in [1.29, 1.82) is 0 Å². The van der Waals surface area contributed by atoms with Gasteiger partial charge in [-0.2, -0.15) is 0 Å². The van der Waals surface area contributed by atoms with Gasteiger partial charge in [0.2, 0.25) is 0 Å². The van der Waals surface area contributed by atoms with Crippen LogP contribution in [-0.2, 0) is 4.79 Å². The average Bonchev–Trinajstić information content (AvgIpc) is 1.92. The molecule has 90 valence electrons. The normalized spacial score (nSPS) is 58.9. The third-order valence-corrected chi connectivity index (χ3v) is 5.80. The monoisotopic (exact) mass is 285 g/mol. The van der Waals surface area contributed by atoms with Crippen LogP contribution in [0.4, 0.5) is 0 Å². The Balaban J connectivity index is 2.11. The first-order valence-electron chi connectivity index (χ1n) is 6.09. The topological polar surface area (TPSA) is 40.1 Å². The lowest BCUT2D eigenvalue weighted by molar-refractivity contribution is -0.330. The minimum Gasteiger partial charge on any atom is -0.550 e. The summed E-state index contributed by atoms with van der Waals surface area (Å²) in [4.78, 5) is 11.5. The Morgan fingerprint density at radius 3 is 1.88 bits per heavy atom. The summed E-state index contributed by atoms with van der Waals surface area (Å²) < 4.78 is 0.0608. The van der Waals surface area contributed by atoms with Crippen LogP contribution in [0.1, 0.15) is 52.4 Å². The highest BCUT2D eigenvalue weighted by atomic mass is 79.9. The Labute approximate surface area is 105 Å². The van der Waals surface area contributed by atoms with Crippen molar-refractivity contribution in [2.45, 2.75) is 56.7 Å². The molecule has 0 aromatic heterocycles. The number of rotatable bonds is 1. The summed E-state index contributed by atoms with van der Waals surface area (Å²) in [6, 6.07) is 0. The maximum atomic E-state index is 11.5. The van der Waals surface area contributed by atoms with Gasteiger partial charge >= 0.3 is 0 Å². The summed E-state index contributed by atoms with van der Waals surface area (Å²) in [6.07, 6.45) is 5.86. The number of halogens is 1. The van der Waals surface area contributed by atoms with Crippen LogP contribution in [0, 0.1) is 16.2 Å². The van der Waals surface area contributed by atoms with E-state index in [0.717, 1.165) is 32.1 Å². The quantitative estimate of drug-likeness (QED) is 0.694. The molecule has 0 heterocycles. The highest BCUT2D eigenvalue weighted by Crippen LogP contribution is 2.72. The lowest BCUT2D eigenvalue weighted by Gasteiger charge is -2.68. The second-order valence-electron chi connectivity index (χ2n) is 7.40. The molecule has 0 saturated heterocycles. The first-order chi connectivity index (χ1) is 7.19. The van der Waals surface area contributed by atoms with E-state index in [2.05, 4.69) is 29.8 Å². The first kappa shape index (κ1) is 11.1. The first-order valence-corrected chi connectivity index (χ1v) is 6.88. The van der Waals surface area contributed by atoms with Crippen molar-refractivity contribution in [3.05, 3.63) is 0 Å². The minimum atomic E-state index is -0.812. The second kappa shape index (κ2) is 2.68. The van der Waals surface area contributed by atoms with E-state index in [4.69, 9.17) is 0 Å². The largest absolute Gasteiger partial charge is 0.550 e. The van der Waals surface area contributed by atoms with Crippen LogP contribution in [-0.4, -0.2) is 10.3 Å². The van der Waals surface area contributed by atoms with Gasteiger partial charge in [0.25, 0.3) is 0 Å². The SMILES string of the molecule is C[C@]12CC3(Br)CC(C(=O)[O-])(C1)C[C@@](C)(C3)C2. The van der Waals surface area contributed by atoms with Crippen molar-refractivity contribution in [3.8, 4) is 0 Å². The number of hydrogen-bond donors (Lipinski definition) is 0. The molecule has 4 bridgehead atoms. The highest BCUT2D eigenvalue weighted by molar-refractivity contribution is 9.10. The van der Waals surface area contributed by atoms with E-state index >= 15 is 0 Å². The molecule has 4 aliphatic carbocycles. The van der Waals surface area contributed by atoms with E-state index in [1.807, 2.05) is 0 Å². The van der Waals surface area contributed by atoms with Gasteiger partial charge in [0, 0.05) is 15.7 Å². The van der Waals surface area contributed by atoms with Crippen LogP contribution in [0.5, 0.6) is 0 Å². The second-order valence-corrected chi connectivity index (χ2v) is 9.08. The molecule has 2 nitrogen and oxygen atoms in total. The van der Waals surface area contributed by atoms with Crippen molar-refractivity contribution >= 4 is 21.9 Å². The van der Waals surface area contributed by atoms with E-state index in [9.17, 15) is 9.90 Å². The van der Waals surface area contributed by atoms with Crippen molar-refractivity contribution in [2.24, 2.45) is 16.2 Å². The Morgan fingerprint density at radius 2 is 1.50 bits per heavy atom. The highest BCUT2D eigenvalue weighted by Gasteiger charge is 2.65. The van der Waals surface area contributed by atoms with E-state index in [1.54, 1.807) is 0 Å². The van der Waals surface area contributed by atoms with Crippen LogP contribution < -0.4 is 5.11 Å². The van der Waals surface area contributed by atoms with Gasteiger partial charge in [0.15, 0.2) is 0 Å². The number of hydrogen-bond acceptors (Lipinski definition) is 2. The summed E-state index contributed by atoms with van der Waals surface area (Å²) in [5.41, 5.74) is -0.151. The van der Waals surface area contributed by atoms with Gasteiger partial charge in [0.05, 0.1) is 0 Å². The zero-order chi connectivity index (χ0) is 11.8. The Hall–Kier alpha value is -0.0500. The van der Waals surface area contributed by atoms with Gasteiger partial charge in [-0.05, 0) is 49.4 Å². The fourth-order valence-corrected chi connectivity index (χ4v) is 7.66. The molecule has 0 amide bonds. The molecule has 0 N–H and O–H groups in total. The number of carboxylic acids is 1. The molecular formula is C13H18BrO2-. The molecule has 4 atom stereocenters. The molecule has 4 rings (SSSR count). The molecule has 16 heavy (non-hydrogen) atoms. The molecule has 0 spiro atoms. The van der Waals surface area contributed by atoms with Crippen LogP contribution in [0.15, 0.2) is 0 Å². The zero-order valence-corrected chi connectivity index (χ0v) is 11.5. The Kier molecular flexibility index (Phi) is 1.85. The van der Waals surface area contributed by atoms with Gasteiger partial charge in [-0.3, -0.25) is 0 Å². The van der Waals surface area contributed by atoms with E-state index in [0.29, 0.717) is 0 Å². The van der Waals surface area contributed by atoms with Crippen LogP contribution >= 0.6 is 15.9 Å². The van der Waals surface area contributed by atoms with E-state index < -0.39 is 11.4 Å². The molecule has 0 aliphatic heterocycles. The summed E-state index contributed by atoms with van der Waals surface area (Å²) in [7, 11) is 0. The van der Waals surface area contributed by atoms with Crippen molar-refractivity contribution in [3.63, 3.8) is 0 Å². The number of alkyl halides is 1. The molecule has 4 saturated carbocycles. The Morgan fingerprint density at radius 1 is 1.00 bits per heavy atom. The van der Waals surface area contributed by atoms with Crippen LogP contribution in [0.25, 0.3) is 0 Å². The molecule has 4 aliphatic rings. The summed E-state index contributed by atoms with van der Waals surface area (Å²) >= 11 is 3.84. The summed E-state index contributed by atoms with van der Waals surface area (Å²) in [5.74, 6) is -0.812. The number of carbonyl (C=O) groups excluding carboxylic acids is 1. The third-order valence-electron chi connectivity index (χ3n) is 4.96. The average molecular weight is 286 g/mol. The lowest BCUT2D eigenvalue weighted by atomic mass is 9.40. The molecule has 0 aromatic carbocycles. The smallest absolute Gasteiger partial charge is 0.0477 e. The van der Waals surface area contributed by atoms with E-state index in [1.165, 1.54) is 6.42 Å². The molecule has 2 unspecified atom stereocenters. The molecule has 0 radical (unpaired) electrons. The molecular weight excluding hydrogens is 268 g/mol. The maximum Gasteiger partial charge on any atom is 0.0477 e.